The summed E-state index contributed by atoms with van der Waals surface area (Å²) in [4.78, 5) is 20.3. The average Bonchev–Trinajstić information content (AvgIpc) is 3.19. The molecule has 0 radical (unpaired) electrons. The summed E-state index contributed by atoms with van der Waals surface area (Å²) in [6, 6.07) is 7.58. The van der Waals surface area contributed by atoms with Crippen LogP contribution in [0.1, 0.15) is 32.4 Å². The molecule has 1 aliphatic rings. The quantitative estimate of drug-likeness (QED) is 0.718. The number of carbonyl (C=O) groups excluding carboxylic acids is 1. The lowest BCUT2D eigenvalue weighted by Crippen LogP contribution is -2.30. The van der Waals surface area contributed by atoms with E-state index in [1.165, 1.54) is 6.33 Å². The molecule has 0 spiro atoms. The van der Waals surface area contributed by atoms with E-state index in [9.17, 15) is 4.79 Å². The van der Waals surface area contributed by atoms with Crippen LogP contribution >= 0.6 is 0 Å². The molecule has 0 bridgehead atoms. The number of para-hydroxylation sites is 1. The van der Waals surface area contributed by atoms with Crippen LogP contribution in [0.5, 0.6) is 0 Å². The van der Waals surface area contributed by atoms with Crippen molar-refractivity contribution in [3.8, 4) is 0 Å². The molecule has 0 saturated heterocycles. The number of carbonyl (C=O) groups is 1. The molecule has 1 aliphatic heterocycles. The van der Waals surface area contributed by atoms with Crippen molar-refractivity contribution >= 4 is 22.8 Å². The Bertz CT molecular complexity index is 982. The molecule has 3 aromatic rings. The van der Waals surface area contributed by atoms with E-state index in [0.717, 1.165) is 22.2 Å². The number of rotatable bonds is 3. The lowest BCUT2D eigenvalue weighted by Gasteiger charge is -2.28. The molecule has 1 aromatic carbocycles. The zero-order chi connectivity index (χ0) is 17.6. The molecule has 4 rings (SSSR count). The van der Waals surface area contributed by atoms with E-state index < -0.39 is 6.04 Å². The van der Waals surface area contributed by atoms with Crippen LogP contribution in [0.3, 0.4) is 0 Å². The van der Waals surface area contributed by atoms with Crippen molar-refractivity contribution in [3.05, 3.63) is 53.6 Å². The minimum Gasteiger partial charge on any atom is -0.459 e. The summed E-state index contributed by atoms with van der Waals surface area (Å²) in [5.74, 6) is 0.255. The number of nitrogens with zero attached hydrogens (tertiary/aromatic N) is 3. The Labute approximate surface area is 144 Å². The van der Waals surface area contributed by atoms with Crippen molar-refractivity contribution in [1.29, 1.82) is 0 Å². The highest BCUT2D eigenvalue weighted by Crippen LogP contribution is 2.38. The van der Waals surface area contributed by atoms with Crippen molar-refractivity contribution in [2.45, 2.75) is 32.9 Å². The molecule has 0 unspecified atom stereocenters. The number of fused-ring (bicyclic) bond motifs is 2. The van der Waals surface area contributed by atoms with Crippen molar-refractivity contribution in [3.63, 3.8) is 0 Å². The van der Waals surface area contributed by atoms with Crippen molar-refractivity contribution in [1.82, 2.24) is 19.7 Å². The number of allylic oxidation sites excluding steroid dienone is 1. The van der Waals surface area contributed by atoms with Gasteiger partial charge in [0.2, 0.25) is 5.95 Å². The van der Waals surface area contributed by atoms with Crippen molar-refractivity contribution in [2.75, 3.05) is 5.32 Å². The third-order valence-electron chi connectivity index (χ3n) is 4.27. The third kappa shape index (κ3) is 2.48. The number of aromatic nitrogens is 4. The number of hydrogen-bond acceptors (Lipinski definition) is 5. The predicted molar refractivity (Wildman–Crippen MR) is 94.0 cm³/mol. The summed E-state index contributed by atoms with van der Waals surface area (Å²) in [6.07, 6.45) is 3.20. The first-order chi connectivity index (χ1) is 12.1. The second-order valence-corrected chi connectivity index (χ2v) is 6.34. The van der Waals surface area contributed by atoms with Gasteiger partial charge in [0.1, 0.15) is 12.4 Å². The van der Waals surface area contributed by atoms with Gasteiger partial charge in [0.25, 0.3) is 0 Å². The van der Waals surface area contributed by atoms with Crippen LogP contribution in [0.25, 0.3) is 10.9 Å². The molecule has 3 heterocycles. The third-order valence-corrected chi connectivity index (χ3v) is 4.27. The summed E-state index contributed by atoms with van der Waals surface area (Å²) in [5, 5.41) is 8.52. The number of benzene rings is 1. The molecule has 25 heavy (non-hydrogen) atoms. The number of esters is 1. The van der Waals surface area contributed by atoms with Gasteiger partial charge in [-0.25, -0.2) is 9.48 Å². The largest absolute Gasteiger partial charge is 0.459 e. The number of aromatic amines is 1. The van der Waals surface area contributed by atoms with E-state index in [0.29, 0.717) is 11.5 Å². The first-order valence-electron chi connectivity index (χ1n) is 8.20. The van der Waals surface area contributed by atoms with Crippen LogP contribution in [0.15, 0.2) is 48.1 Å². The first-order valence-corrected chi connectivity index (χ1v) is 8.20. The minimum absolute atomic E-state index is 0.200. The molecule has 7 heteroatoms. The lowest BCUT2D eigenvalue weighted by molar-refractivity contribution is -0.143. The van der Waals surface area contributed by atoms with Crippen molar-refractivity contribution in [2.24, 2.45) is 0 Å². The maximum atomic E-state index is 12.8. The topological polar surface area (TPSA) is 84.8 Å². The van der Waals surface area contributed by atoms with Crippen LogP contribution in [0.2, 0.25) is 0 Å². The second kappa shape index (κ2) is 5.77. The predicted octanol–water partition coefficient (Wildman–Crippen LogP) is 3.00. The van der Waals surface area contributed by atoms with Gasteiger partial charge in [0.15, 0.2) is 0 Å². The van der Waals surface area contributed by atoms with Crippen LogP contribution in [-0.4, -0.2) is 31.8 Å². The van der Waals surface area contributed by atoms with Crippen LogP contribution in [-0.2, 0) is 9.53 Å². The van der Waals surface area contributed by atoms with Gasteiger partial charge in [-0.2, -0.15) is 10.1 Å². The van der Waals surface area contributed by atoms with Crippen LogP contribution in [0, 0.1) is 0 Å². The van der Waals surface area contributed by atoms with Gasteiger partial charge in [-0.05, 0) is 26.8 Å². The fourth-order valence-electron chi connectivity index (χ4n) is 3.24. The summed E-state index contributed by atoms with van der Waals surface area (Å²) < 4.78 is 7.21. The molecule has 0 amide bonds. The molecule has 7 nitrogen and oxygen atoms in total. The summed E-state index contributed by atoms with van der Waals surface area (Å²) >= 11 is 0. The highest BCUT2D eigenvalue weighted by Gasteiger charge is 2.35. The van der Waals surface area contributed by atoms with Crippen molar-refractivity contribution < 1.29 is 9.53 Å². The van der Waals surface area contributed by atoms with Gasteiger partial charge >= 0.3 is 5.97 Å². The molecule has 0 fully saturated rings. The smallest absolute Gasteiger partial charge is 0.338 e. The zero-order valence-electron chi connectivity index (χ0n) is 14.3. The Kier molecular flexibility index (Phi) is 3.56. The van der Waals surface area contributed by atoms with E-state index in [2.05, 4.69) is 20.4 Å². The highest BCUT2D eigenvalue weighted by atomic mass is 16.5. The molecular formula is C18H19N5O2. The Morgan fingerprint density at radius 3 is 2.92 bits per heavy atom. The van der Waals surface area contributed by atoms with Gasteiger partial charge in [-0.3, -0.25) is 0 Å². The number of anilines is 1. The Morgan fingerprint density at radius 2 is 2.12 bits per heavy atom. The maximum absolute atomic E-state index is 12.8. The fraction of sp³-hybridized carbons (Fsp3) is 0.278. The van der Waals surface area contributed by atoms with Gasteiger partial charge in [0, 0.05) is 28.4 Å². The number of ether oxygens (including phenoxy) is 1. The Morgan fingerprint density at radius 1 is 1.32 bits per heavy atom. The number of hydrogen-bond donors (Lipinski definition) is 2. The Hall–Kier alpha value is -3.09. The van der Waals surface area contributed by atoms with Gasteiger partial charge in [0.05, 0.1) is 11.7 Å². The van der Waals surface area contributed by atoms with E-state index >= 15 is 0 Å². The number of H-pyrrole nitrogens is 1. The summed E-state index contributed by atoms with van der Waals surface area (Å²) in [6.45, 7) is 5.54. The maximum Gasteiger partial charge on any atom is 0.338 e. The lowest BCUT2D eigenvalue weighted by atomic mass is 9.95. The zero-order valence-corrected chi connectivity index (χ0v) is 14.3. The van der Waals surface area contributed by atoms with Crippen LogP contribution in [0.4, 0.5) is 5.95 Å². The SMILES string of the molecule is CC1=C(C(=O)OC(C)C)[C@@H](c2c[nH]c3ccccc23)n2ncnc2N1. The molecule has 0 saturated carbocycles. The van der Waals surface area contributed by atoms with Gasteiger partial charge < -0.3 is 15.0 Å². The standard InChI is InChI=1S/C18H19N5O2/c1-10(2)25-17(24)15-11(3)22-18-20-9-21-23(18)16(15)13-8-19-14-7-5-4-6-12(13)14/h4-10,16,19H,1-3H3,(H,20,21,22)/t16-/m1/s1. The molecule has 0 aliphatic carbocycles. The van der Waals surface area contributed by atoms with Gasteiger partial charge in [-0.1, -0.05) is 18.2 Å². The number of nitrogens with one attached hydrogen (secondary N) is 2. The molecule has 2 N–H and O–H groups in total. The average molecular weight is 337 g/mol. The first kappa shape index (κ1) is 15.4. The molecule has 2 aromatic heterocycles. The fourth-order valence-corrected chi connectivity index (χ4v) is 3.24. The van der Waals surface area contributed by atoms with Gasteiger partial charge in [-0.15, -0.1) is 0 Å². The molecule has 128 valence electrons. The molecular weight excluding hydrogens is 318 g/mol. The Balaban J connectivity index is 1.91. The van der Waals surface area contributed by atoms with E-state index in [1.54, 1.807) is 4.68 Å². The summed E-state index contributed by atoms with van der Waals surface area (Å²) in [7, 11) is 0. The monoisotopic (exact) mass is 337 g/mol. The van der Waals surface area contributed by atoms with E-state index in [4.69, 9.17) is 4.74 Å². The second-order valence-electron chi connectivity index (χ2n) is 6.34. The minimum atomic E-state index is -0.402. The molecule has 1 atom stereocenters. The van der Waals surface area contributed by atoms with E-state index in [1.807, 2.05) is 51.2 Å². The summed E-state index contributed by atoms with van der Waals surface area (Å²) in [5.41, 5.74) is 3.23. The normalized spacial score (nSPS) is 16.9. The van der Waals surface area contributed by atoms with Crippen LogP contribution < -0.4 is 5.32 Å². The van der Waals surface area contributed by atoms with E-state index in [-0.39, 0.29) is 12.1 Å². The highest BCUT2D eigenvalue weighted by molar-refractivity contribution is 5.94.